The Bertz CT molecular complexity index is 215. The van der Waals surface area contributed by atoms with Crippen LogP contribution in [0.5, 0.6) is 0 Å². The van der Waals surface area contributed by atoms with Gasteiger partial charge in [0.05, 0.1) is 6.54 Å². The summed E-state index contributed by atoms with van der Waals surface area (Å²) in [5, 5.41) is 6.10. The summed E-state index contributed by atoms with van der Waals surface area (Å²) in [6.45, 7) is 4.14. The van der Waals surface area contributed by atoms with Gasteiger partial charge in [-0.15, -0.1) is 0 Å². The molecule has 3 nitrogen and oxygen atoms in total. The lowest BCUT2D eigenvalue weighted by molar-refractivity contribution is -0.120. The molecule has 0 aromatic heterocycles. The fraction of sp³-hybridized carbons (Fsp3) is 0.917. The minimum absolute atomic E-state index is 0.126. The highest BCUT2D eigenvalue weighted by Gasteiger charge is 2.31. The summed E-state index contributed by atoms with van der Waals surface area (Å²) < 4.78 is 0.306. The minimum atomic E-state index is 0.126. The third-order valence-corrected chi connectivity index (χ3v) is 4.76. The van der Waals surface area contributed by atoms with E-state index in [1.54, 1.807) is 0 Å². The monoisotopic (exact) mass is 244 g/mol. The number of nitrogens with one attached hydrogen (secondary N) is 2. The third-order valence-electron chi connectivity index (χ3n) is 3.34. The summed E-state index contributed by atoms with van der Waals surface area (Å²) in [6, 6.07) is 0. The topological polar surface area (TPSA) is 41.1 Å². The van der Waals surface area contributed by atoms with Crippen LogP contribution in [-0.2, 0) is 4.79 Å². The van der Waals surface area contributed by atoms with Crippen molar-refractivity contribution in [1.82, 2.24) is 10.6 Å². The number of thioether (sulfide) groups is 1. The summed E-state index contributed by atoms with van der Waals surface area (Å²) in [5.41, 5.74) is 0. The first-order chi connectivity index (χ1) is 7.72. The first-order valence-corrected chi connectivity index (χ1v) is 7.47. The zero-order valence-electron chi connectivity index (χ0n) is 10.5. The van der Waals surface area contributed by atoms with Crippen LogP contribution >= 0.6 is 11.8 Å². The number of rotatable bonds is 6. The van der Waals surface area contributed by atoms with E-state index in [1.807, 2.05) is 18.7 Å². The highest BCUT2D eigenvalue weighted by atomic mass is 32.2. The molecule has 4 heteroatoms. The highest BCUT2D eigenvalue weighted by molar-refractivity contribution is 8.00. The highest BCUT2D eigenvalue weighted by Crippen LogP contribution is 2.37. The molecule has 0 heterocycles. The van der Waals surface area contributed by atoms with Crippen LogP contribution in [0.15, 0.2) is 0 Å². The first-order valence-electron chi connectivity index (χ1n) is 6.25. The first kappa shape index (κ1) is 13.8. The van der Waals surface area contributed by atoms with Crippen LogP contribution < -0.4 is 10.6 Å². The van der Waals surface area contributed by atoms with Crippen molar-refractivity contribution in [3.63, 3.8) is 0 Å². The molecule has 0 aromatic carbocycles. The maximum atomic E-state index is 11.5. The molecule has 0 radical (unpaired) electrons. The SMILES string of the molecule is CCNCC(=O)NCC1(SC)CCCCC1. The molecule has 0 saturated heterocycles. The fourth-order valence-electron chi connectivity index (χ4n) is 2.21. The largest absolute Gasteiger partial charge is 0.354 e. The normalized spacial score (nSPS) is 19.4. The molecule has 1 saturated carbocycles. The summed E-state index contributed by atoms with van der Waals surface area (Å²) in [6.07, 6.45) is 8.63. The van der Waals surface area contributed by atoms with Crippen molar-refractivity contribution in [1.29, 1.82) is 0 Å². The number of carbonyl (C=O) groups is 1. The Kier molecular flexibility index (Phi) is 6.21. The van der Waals surface area contributed by atoms with Crippen molar-refractivity contribution in [2.45, 2.75) is 43.8 Å². The summed E-state index contributed by atoms with van der Waals surface area (Å²) in [4.78, 5) is 11.5. The van der Waals surface area contributed by atoms with Gasteiger partial charge in [0.15, 0.2) is 0 Å². The average Bonchev–Trinajstić information content (AvgIpc) is 2.35. The van der Waals surface area contributed by atoms with Crippen molar-refractivity contribution in [3.05, 3.63) is 0 Å². The fourth-order valence-corrected chi connectivity index (χ4v) is 3.12. The molecule has 0 aliphatic heterocycles. The van der Waals surface area contributed by atoms with Gasteiger partial charge in [0.25, 0.3) is 0 Å². The molecule has 0 atom stereocenters. The van der Waals surface area contributed by atoms with Gasteiger partial charge in [-0.2, -0.15) is 11.8 Å². The Morgan fingerprint density at radius 3 is 2.56 bits per heavy atom. The van der Waals surface area contributed by atoms with Crippen molar-refractivity contribution < 1.29 is 4.79 Å². The van der Waals surface area contributed by atoms with Crippen LogP contribution in [0.4, 0.5) is 0 Å². The van der Waals surface area contributed by atoms with Crippen LogP contribution in [0.1, 0.15) is 39.0 Å². The van der Waals surface area contributed by atoms with E-state index in [2.05, 4.69) is 16.9 Å². The molecule has 0 spiro atoms. The molecular formula is C12H24N2OS. The molecule has 1 aliphatic carbocycles. The van der Waals surface area contributed by atoms with Crippen molar-refractivity contribution >= 4 is 17.7 Å². The van der Waals surface area contributed by atoms with Gasteiger partial charge in [-0.1, -0.05) is 26.2 Å². The van der Waals surface area contributed by atoms with Gasteiger partial charge in [0.1, 0.15) is 0 Å². The van der Waals surface area contributed by atoms with Crippen molar-refractivity contribution in [3.8, 4) is 0 Å². The van der Waals surface area contributed by atoms with E-state index in [9.17, 15) is 4.79 Å². The van der Waals surface area contributed by atoms with Crippen LogP contribution in [0.2, 0.25) is 0 Å². The number of amides is 1. The summed E-state index contributed by atoms with van der Waals surface area (Å²) >= 11 is 1.92. The second-order valence-corrected chi connectivity index (χ2v) is 5.78. The van der Waals surface area contributed by atoms with Gasteiger partial charge in [0.2, 0.25) is 5.91 Å². The molecule has 1 rings (SSSR count). The molecule has 1 aliphatic rings. The van der Waals surface area contributed by atoms with E-state index < -0.39 is 0 Å². The maximum absolute atomic E-state index is 11.5. The number of hydrogen-bond donors (Lipinski definition) is 2. The van der Waals surface area contributed by atoms with Crippen molar-refractivity contribution in [2.75, 3.05) is 25.9 Å². The molecule has 94 valence electrons. The van der Waals surface area contributed by atoms with E-state index in [0.717, 1.165) is 13.1 Å². The van der Waals surface area contributed by atoms with Gasteiger partial charge in [-0.3, -0.25) is 4.79 Å². The molecule has 0 unspecified atom stereocenters. The minimum Gasteiger partial charge on any atom is -0.354 e. The van der Waals surface area contributed by atoms with Crippen LogP contribution in [-0.4, -0.2) is 36.5 Å². The van der Waals surface area contributed by atoms with E-state index in [4.69, 9.17) is 0 Å². The molecule has 16 heavy (non-hydrogen) atoms. The second kappa shape index (κ2) is 7.17. The zero-order chi connectivity index (χ0) is 11.9. The molecule has 0 bridgehead atoms. The van der Waals surface area contributed by atoms with Crippen LogP contribution in [0, 0.1) is 0 Å². The van der Waals surface area contributed by atoms with Crippen LogP contribution in [0.25, 0.3) is 0 Å². The van der Waals surface area contributed by atoms with E-state index in [-0.39, 0.29) is 5.91 Å². The van der Waals surface area contributed by atoms with Gasteiger partial charge >= 0.3 is 0 Å². The maximum Gasteiger partial charge on any atom is 0.234 e. The number of carbonyl (C=O) groups excluding carboxylic acids is 1. The number of hydrogen-bond acceptors (Lipinski definition) is 3. The Hall–Kier alpha value is -0.220. The molecule has 1 fully saturated rings. The van der Waals surface area contributed by atoms with E-state index in [0.29, 0.717) is 11.3 Å². The average molecular weight is 244 g/mol. The Morgan fingerprint density at radius 2 is 2.00 bits per heavy atom. The lowest BCUT2D eigenvalue weighted by Gasteiger charge is -2.35. The van der Waals surface area contributed by atoms with Gasteiger partial charge < -0.3 is 10.6 Å². The van der Waals surface area contributed by atoms with E-state index >= 15 is 0 Å². The predicted octanol–water partition coefficient (Wildman–Crippen LogP) is 1.78. The summed E-state index contributed by atoms with van der Waals surface area (Å²) in [7, 11) is 0. The smallest absolute Gasteiger partial charge is 0.234 e. The molecule has 2 N–H and O–H groups in total. The molecular weight excluding hydrogens is 220 g/mol. The Labute approximate surface area is 103 Å². The zero-order valence-corrected chi connectivity index (χ0v) is 11.3. The predicted molar refractivity (Wildman–Crippen MR) is 70.9 cm³/mol. The van der Waals surface area contributed by atoms with Gasteiger partial charge in [-0.25, -0.2) is 0 Å². The Balaban J connectivity index is 2.30. The number of likely N-dealkylation sites (N-methyl/N-ethyl adjacent to an activating group) is 1. The van der Waals surface area contributed by atoms with Gasteiger partial charge in [0, 0.05) is 11.3 Å². The summed E-state index contributed by atoms with van der Waals surface area (Å²) in [5.74, 6) is 0.126. The third kappa shape index (κ3) is 4.34. The van der Waals surface area contributed by atoms with E-state index in [1.165, 1.54) is 32.1 Å². The molecule has 0 aromatic rings. The quantitative estimate of drug-likeness (QED) is 0.748. The Morgan fingerprint density at radius 1 is 1.31 bits per heavy atom. The van der Waals surface area contributed by atoms with Gasteiger partial charge in [-0.05, 0) is 25.6 Å². The van der Waals surface area contributed by atoms with Crippen LogP contribution in [0.3, 0.4) is 0 Å². The second-order valence-electron chi connectivity index (χ2n) is 4.50. The lowest BCUT2D eigenvalue weighted by atomic mass is 9.88. The molecule has 1 amide bonds. The van der Waals surface area contributed by atoms with Crippen molar-refractivity contribution in [2.24, 2.45) is 0 Å². The standard InChI is InChI=1S/C12H24N2OS/c1-3-13-9-11(15)14-10-12(16-2)7-5-4-6-8-12/h13H,3-10H2,1-2H3,(H,14,15). The lowest BCUT2D eigenvalue weighted by Crippen LogP contribution is -2.44.